The average Bonchev–Trinajstić information content (AvgIpc) is 2.62. The molecule has 1 aromatic rings. The minimum Gasteiger partial charge on any atom is -0.504 e. The van der Waals surface area contributed by atoms with Crippen LogP contribution < -0.4 is 5.32 Å². The van der Waals surface area contributed by atoms with Gasteiger partial charge in [0.1, 0.15) is 0 Å². The summed E-state index contributed by atoms with van der Waals surface area (Å²) < 4.78 is 14.4. The summed E-state index contributed by atoms with van der Waals surface area (Å²) >= 11 is 3.23. The maximum absolute atomic E-state index is 13.9. The van der Waals surface area contributed by atoms with Crippen molar-refractivity contribution in [1.82, 2.24) is 5.32 Å². The highest BCUT2D eigenvalue weighted by molar-refractivity contribution is 9.10. The zero-order valence-electron chi connectivity index (χ0n) is 8.85. The molecular weight excluding hydrogens is 277 g/mol. The predicted molar refractivity (Wildman–Crippen MR) is 62.0 cm³/mol. The third-order valence-electron chi connectivity index (χ3n) is 3.09. The smallest absolute Gasteiger partial charge is 0.194 e. The highest BCUT2D eigenvalue weighted by Crippen LogP contribution is 2.43. The SMILES string of the molecule is CC1(c2c(Br)cc(O)c(O)c2F)CCCN1. The lowest BCUT2D eigenvalue weighted by Gasteiger charge is -2.27. The molecule has 5 heteroatoms. The van der Waals surface area contributed by atoms with Crippen LogP contribution >= 0.6 is 15.9 Å². The Kier molecular flexibility index (Phi) is 2.84. The second kappa shape index (κ2) is 3.89. The van der Waals surface area contributed by atoms with E-state index in [1.165, 1.54) is 6.07 Å². The molecule has 1 aromatic carbocycles. The quantitative estimate of drug-likeness (QED) is 0.697. The molecule has 0 bridgehead atoms. The van der Waals surface area contributed by atoms with Gasteiger partial charge in [-0.3, -0.25) is 0 Å². The van der Waals surface area contributed by atoms with Gasteiger partial charge in [0.15, 0.2) is 17.3 Å². The number of benzene rings is 1. The number of nitrogens with one attached hydrogen (secondary N) is 1. The molecule has 1 heterocycles. The van der Waals surface area contributed by atoms with Crippen molar-refractivity contribution in [1.29, 1.82) is 0 Å². The van der Waals surface area contributed by atoms with E-state index in [9.17, 15) is 14.6 Å². The van der Waals surface area contributed by atoms with E-state index in [4.69, 9.17) is 0 Å². The largest absolute Gasteiger partial charge is 0.504 e. The van der Waals surface area contributed by atoms with Gasteiger partial charge in [-0.2, -0.15) is 0 Å². The molecule has 1 saturated heterocycles. The molecule has 0 aromatic heterocycles. The zero-order valence-corrected chi connectivity index (χ0v) is 10.4. The van der Waals surface area contributed by atoms with E-state index in [0.717, 1.165) is 19.4 Å². The highest BCUT2D eigenvalue weighted by atomic mass is 79.9. The summed E-state index contributed by atoms with van der Waals surface area (Å²) in [5.74, 6) is -1.90. The summed E-state index contributed by atoms with van der Waals surface area (Å²) in [6.07, 6.45) is 1.76. The second-order valence-corrected chi connectivity index (χ2v) is 5.13. The molecule has 1 atom stereocenters. The number of halogens is 2. The molecule has 1 aliphatic heterocycles. The van der Waals surface area contributed by atoms with Crippen LogP contribution in [0.4, 0.5) is 4.39 Å². The molecular formula is C11H13BrFNO2. The van der Waals surface area contributed by atoms with Gasteiger partial charge in [-0.1, -0.05) is 15.9 Å². The second-order valence-electron chi connectivity index (χ2n) is 4.28. The van der Waals surface area contributed by atoms with Crippen LogP contribution in [0.5, 0.6) is 11.5 Å². The normalized spacial score (nSPS) is 24.9. The predicted octanol–water partition coefficient (Wildman–Crippen LogP) is 2.60. The van der Waals surface area contributed by atoms with Gasteiger partial charge in [0.2, 0.25) is 0 Å². The zero-order chi connectivity index (χ0) is 11.9. The van der Waals surface area contributed by atoms with E-state index in [1.54, 1.807) is 0 Å². The third-order valence-corrected chi connectivity index (χ3v) is 3.72. The van der Waals surface area contributed by atoms with Gasteiger partial charge in [0, 0.05) is 15.6 Å². The number of phenols is 2. The molecule has 16 heavy (non-hydrogen) atoms. The van der Waals surface area contributed by atoms with Crippen molar-refractivity contribution >= 4 is 15.9 Å². The van der Waals surface area contributed by atoms with Crippen LogP contribution in [-0.2, 0) is 5.54 Å². The van der Waals surface area contributed by atoms with E-state index in [1.807, 2.05) is 6.92 Å². The topological polar surface area (TPSA) is 52.5 Å². The van der Waals surface area contributed by atoms with Gasteiger partial charge in [0.05, 0.1) is 0 Å². The first kappa shape index (κ1) is 11.7. The summed E-state index contributed by atoms with van der Waals surface area (Å²) in [7, 11) is 0. The van der Waals surface area contributed by atoms with Crippen LogP contribution in [0.25, 0.3) is 0 Å². The van der Waals surface area contributed by atoms with Crippen LogP contribution in [0.1, 0.15) is 25.3 Å². The maximum atomic E-state index is 13.9. The lowest BCUT2D eigenvalue weighted by molar-refractivity contribution is 0.355. The van der Waals surface area contributed by atoms with Crippen molar-refractivity contribution < 1.29 is 14.6 Å². The Labute approximate surface area is 101 Å². The molecule has 0 radical (unpaired) electrons. The molecule has 0 saturated carbocycles. The van der Waals surface area contributed by atoms with E-state index < -0.39 is 22.9 Å². The molecule has 1 unspecified atom stereocenters. The summed E-state index contributed by atoms with van der Waals surface area (Å²) in [4.78, 5) is 0. The van der Waals surface area contributed by atoms with E-state index >= 15 is 0 Å². The van der Waals surface area contributed by atoms with Crippen molar-refractivity contribution in [3.8, 4) is 11.5 Å². The van der Waals surface area contributed by atoms with Crippen molar-refractivity contribution in [2.24, 2.45) is 0 Å². The van der Waals surface area contributed by atoms with E-state index in [-0.39, 0.29) is 0 Å². The fourth-order valence-electron chi connectivity index (χ4n) is 2.21. The van der Waals surface area contributed by atoms with Crippen molar-refractivity contribution in [2.45, 2.75) is 25.3 Å². The monoisotopic (exact) mass is 289 g/mol. The van der Waals surface area contributed by atoms with Gasteiger partial charge in [0.25, 0.3) is 0 Å². The Hall–Kier alpha value is -0.810. The molecule has 2 rings (SSSR count). The van der Waals surface area contributed by atoms with Gasteiger partial charge >= 0.3 is 0 Å². The number of aromatic hydroxyl groups is 2. The van der Waals surface area contributed by atoms with Crippen LogP contribution in [0.3, 0.4) is 0 Å². The van der Waals surface area contributed by atoms with Crippen molar-refractivity contribution in [3.63, 3.8) is 0 Å². The molecule has 1 aliphatic rings. The van der Waals surface area contributed by atoms with Crippen LogP contribution in [0.2, 0.25) is 0 Å². The Morgan fingerprint density at radius 1 is 1.50 bits per heavy atom. The van der Waals surface area contributed by atoms with Crippen molar-refractivity contribution in [3.05, 3.63) is 21.9 Å². The van der Waals surface area contributed by atoms with Crippen LogP contribution in [0.15, 0.2) is 10.5 Å². The van der Waals surface area contributed by atoms with E-state index in [0.29, 0.717) is 10.0 Å². The molecule has 3 N–H and O–H groups in total. The molecule has 0 aliphatic carbocycles. The molecule has 0 spiro atoms. The Balaban J connectivity index is 2.60. The number of rotatable bonds is 1. The molecule has 0 amide bonds. The first-order chi connectivity index (χ1) is 7.46. The number of phenolic OH excluding ortho intramolecular Hbond substituents is 2. The Morgan fingerprint density at radius 2 is 2.19 bits per heavy atom. The molecule has 88 valence electrons. The van der Waals surface area contributed by atoms with Crippen LogP contribution in [0, 0.1) is 5.82 Å². The maximum Gasteiger partial charge on any atom is 0.194 e. The van der Waals surface area contributed by atoms with Crippen LogP contribution in [-0.4, -0.2) is 16.8 Å². The highest BCUT2D eigenvalue weighted by Gasteiger charge is 2.36. The first-order valence-corrected chi connectivity index (χ1v) is 5.90. The minimum atomic E-state index is -0.760. The standard InChI is InChI=1S/C11H13BrFNO2/c1-11(3-2-4-14-11)8-6(12)5-7(15)10(16)9(8)13/h5,14-16H,2-4H2,1H3. The number of hydrogen-bond donors (Lipinski definition) is 3. The van der Waals surface area contributed by atoms with Gasteiger partial charge in [-0.05, 0) is 32.4 Å². The van der Waals surface area contributed by atoms with E-state index in [2.05, 4.69) is 21.2 Å². The average molecular weight is 290 g/mol. The summed E-state index contributed by atoms with van der Waals surface area (Å²) in [6, 6.07) is 1.32. The third kappa shape index (κ3) is 1.68. The lowest BCUT2D eigenvalue weighted by Crippen LogP contribution is -2.34. The first-order valence-electron chi connectivity index (χ1n) is 5.11. The van der Waals surface area contributed by atoms with Gasteiger partial charge in [-0.15, -0.1) is 0 Å². The molecule has 1 fully saturated rings. The summed E-state index contributed by atoms with van der Waals surface area (Å²) in [6.45, 7) is 2.71. The van der Waals surface area contributed by atoms with Gasteiger partial charge < -0.3 is 15.5 Å². The fourth-order valence-corrected chi connectivity index (χ4v) is 3.04. The van der Waals surface area contributed by atoms with Crippen molar-refractivity contribution in [2.75, 3.05) is 6.54 Å². The fraction of sp³-hybridized carbons (Fsp3) is 0.455. The number of hydrogen-bond acceptors (Lipinski definition) is 3. The Morgan fingerprint density at radius 3 is 2.75 bits per heavy atom. The summed E-state index contributed by atoms with van der Waals surface area (Å²) in [5.41, 5.74) is -0.117. The molecule has 3 nitrogen and oxygen atoms in total. The minimum absolute atomic E-state index is 0.375. The summed E-state index contributed by atoms with van der Waals surface area (Å²) in [5, 5.41) is 21.9. The lowest BCUT2D eigenvalue weighted by atomic mass is 9.90. The van der Waals surface area contributed by atoms with Gasteiger partial charge in [-0.25, -0.2) is 4.39 Å². The Bertz CT molecular complexity index is 430.